The van der Waals surface area contributed by atoms with Crippen LogP contribution in [0.2, 0.25) is 0 Å². The molecular formula is C20H22O2. The topological polar surface area (TPSA) is 26.3 Å². The Morgan fingerprint density at radius 1 is 1.05 bits per heavy atom. The zero-order chi connectivity index (χ0) is 15.6. The first-order chi connectivity index (χ1) is 10.6. The summed E-state index contributed by atoms with van der Waals surface area (Å²) >= 11 is 0. The molecule has 2 heteroatoms. The molecule has 1 fully saturated rings. The Labute approximate surface area is 132 Å². The first-order valence-corrected chi connectivity index (χ1v) is 7.92. The van der Waals surface area contributed by atoms with Crippen molar-refractivity contribution in [3.8, 4) is 0 Å². The van der Waals surface area contributed by atoms with Crippen molar-refractivity contribution in [3.05, 3.63) is 71.8 Å². The van der Waals surface area contributed by atoms with Crippen LogP contribution in [0.15, 0.2) is 60.7 Å². The Morgan fingerprint density at radius 3 is 2.23 bits per heavy atom. The summed E-state index contributed by atoms with van der Waals surface area (Å²) in [4.78, 5) is 12.8. The van der Waals surface area contributed by atoms with E-state index in [2.05, 4.69) is 38.1 Å². The van der Waals surface area contributed by atoms with Gasteiger partial charge < -0.3 is 4.74 Å². The molecule has 0 saturated carbocycles. The first kappa shape index (κ1) is 14.8. The van der Waals surface area contributed by atoms with E-state index in [1.807, 2.05) is 36.4 Å². The smallest absolute Gasteiger partial charge is 0.317 e. The van der Waals surface area contributed by atoms with Crippen LogP contribution in [-0.4, -0.2) is 12.6 Å². The SMILES string of the molecule is CC(C)C[C@@]1(c2ccccc2)C(=O)OC[C@H]1c1ccccc1. The molecule has 1 aliphatic heterocycles. The maximum absolute atomic E-state index is 12.8. The van der Waals surface area contributed by atoms with Gasteiger partial charge in [-0.15, -0.1) is 0 Å². The molecule has 0 aromatic heterocycles. The lowest BCUT2D eigenvalue weighted by Crippen LogP contribution is -2.38. The van der Waals surface area contributed by atoms with Gasteiger partial charge in [-0.05, 0) is 23.5 Å². The molecule has 2 atom stereocenters. The summed E-state index contributed by atoms with van der Waals surface area (Å²) in [6.45, 7) is 4.79. The van der Waals surface area contributed by atoms with Crippen LogP contribution in [-0.2, 0) is 14.9 Å². The van der Waals surface area contributed by atoms with Gasteiger partial charge in [-0.3, -0.25) is 4.79 Å². The van der Waals surface area contributed by atoms with Crippen molar-refractivity contribution in [2.24, 2.45) is 5.92 Å². The lowest BCUT2D eigenvalue weighted by molar-refractivity contribution is -0.143. The summed E-state index contributed by atoms with van der Waals surface area (Å²) in [5.74, 6) is 0.407. The highest BCUT2D eigenvalue weighted by Crippen LogP contribution is 2.48. The number of carbonyl (C=O) groups is 1. The van der Waals surface area contributed by atoms with Crippen LogP contribution in [0.4, 0.5) is 0 Å². The monoisotopic (exact) mass is 294 g/mol. The lowest BCUT2D eigenvalue weighted by atomic mass is 9.65. The second kappa shape index (κ2) is 5.96. The van der Waals surface area contributed by atoms with Gasteiger partial charge in [0.05, 0.1) is 6.61 Å². The van der Waals surface area contributed by atoms with E-state index in [0.29, 0.717) is 12.5 Å². The van der Waals surface area contributed by atoms with E-state index in [1.165, 1.54) is 5.56 Å². The molecular weight excluding hydrogens is 272 g/mol. The second-order valence-corrected chi connectivity index (χ2v) is 6.50. The number of esters is 1. The van der Waals surface area contributed by atoms with Crippen LogP contribution in [0.25, 0.3) is 0 Å². The van der Waals surface area contributed by atoms with Crippen LogP contribution in [0.5, 0.6) is 0 Å². The maximum atomic E-state index is 12.8. The fourth-order valence-electron chi connectivity index (χ4n) is 3.68. The maximum Gasteiger partial charge on any atom is 0.317 e. The first-order valence-electron chi connectivity index (χ1n) is 7.92. The van der Waals surface area contributed by atoms with Crippen LogP contribution < -0.4 is 0 Å². The summed E-state index contributed by atoms with van der Waals surface area (Å²) in [6.07, 6.45) is 0.801. The highest BCUT2D eigenvalue weighted by molar-refractivity contribution is 5.87. The zero-order valence-electron chi connectivity index (χ0n) is 13.2. The minimum atomic E-state index is -0.573. The molecule has 0 unspecified atom stereocenters. The molecule has 0 spiro atoms. The van der Waals surface area contributed by atoms with Crippen LogP contribution in [0, 0.1) is 5.92 Å². The number of carbonyl (C=O) groups excluding carboxylic acids is 1. The third-order valence-corrected chi connectivity index (χ3v) is 4.56. The molecule has 0 aliphatic carbocycles. The van der Waals surface area contributed by atoms with Crippen molar-refractivity contribution in [2.45, 2.75) is 31.6 Å². The van der Waals surface area contributed by atoms with Crippen molar-refractivity contribution in [1.82, 2.24) is 0 Å². The Morgan fingerprint density at radius 2 is 1.64 bits per heavy atom. The Hall–Kier alpha value is -2.09. The molecule has 114 valence electrons. The Bertz CT molecular complexity index is 633. The van der Waals surface area contributed by atoms with E-state index in [9.17, 15) is 4.79 Å². The van der Waals surface area contributed by atoms with Crippen LogP contribution >= 0.6 is 0 Å². The third-order valence-electron chi connectivity index (χ3n) is 4.56. The van der Waals surface area contributed by atoms with Gasteiger partial charge in [0.25, 0.3) is 0 Å². The minimum Gasteiger partial charge on any atom is -0.464 e. The second-order valence-electron chi connectivity index (χ2n) is 6.50. The lowest BCUT2D eigenvalue weighted by Gasteiger charge is -2.33. The summed E-state index contributed by atoms with van der Waals surface area (Å²) < 4.78 is 5.55. The van der Waals surface area contributed by atoms with E-state index >= 15 is 0 Å². The number of hydrogen-bond acceptors (Lipinski definition) is 2. The fourth-order valence-corrected chi connectivity index (χ4v) is 3.68. The Kier molecular flexibility index (Phi) is 4.02. The average molecular weight is 294 g/mol. The van der Waals surface area contributed by atoms with E-state index in [0.717, 1.165) is 12.0 Å². The average Bonchev–Trinajstić information content (AvgIpc) is 2.86. The van der Waals surface area contributed by atoms with Crippen molar-refractivity contribution >= 4 is 5.97 Å². The molecule has 0 radical (unpaired) electrons. The van der Waals surface area contributed by atoms with E-state index in [-0.39, 0.29) is 11.9 Å². The summed E-state index contributed by atoms with van der Waals surface area (Å²) in [6, 6.07) is 20.4. The molecule has 1 aliphatic rings. The zero-order valence-corrected chi connectivity index (χ0v) is 13.2. The largest absolute Gasteiger partial charge is 0.464 e. The minimum absolute atomic E-state index is 0.0750. The fraction of sp³-hybridized carbons (Fsp3) is 0.350. The van der Waals surface area contributed by atoms with E-state index < -0.39 is 5.41 Å². The number of ether oxygens (including phenoxy) is 1. The van der Waals surface area contributed by atoms with Gasteiger partial charge in [0.2, 0.25) is 0 Å². The molecule has 22 heavy (non-hydrogen) atoms. The molecule has 3 rings (SSSR count). The van der Waals surface area contributed by atoms with Gasteiger partial charge in [0.1, 0.15) is 5.41 Å². The molecule has 1 saturated heterocycles. The molecule has 2 nitrogen and oxygen atoms in total. The van der Waals surface area contributed by atoms with Crippen molar-refractivity contribution in [3.63, 3.8) is 0 Å². The highest BCUT2D eigenvalue weighted by Gasteiger charge is 2.54. The van der Waals surface area contributed by atoms with Gasteiger partial charge in [-0.1, -0.05) is 74.5 Å². The highest BCUT2D eigenvalue weighted by atomic mass is 16.5. The van der Waals surface area contributed by atoms with Crippen molar-refractivity contribution in [1.29, 1.82) is 0 Å². The van der Waals surface area contributed by atoms with E-state index in [4.69, 9.17) is 4.74 Å². The summed E-state index contributed by atoms with van der Waals surface area (Å²) in [5.41, 5.74) is 1.68. The molecule has 0 amide bonds. The Balaban J connectivity index is 2.14. The molecule has 1 heterocycles. The molecule has 2 aromatic carbocycles. The molecule has 0 N–H and O–H groups in total. The van der Waals surface area contributed by atoms with Gasteiger partial charge in [0.15, 0.2) is 0 Å². The number of hydrogen-bond donors (Lipinski definition) is 0. The number of rotatable bonds is 4. The van der Waals surface area contributed by atoms with Crippen LogP contribution in [0.1, 0.15) is 37.3 Å². The third kappa shape index (κ3) is 2.43. The van der Waals surface area contributed by atoms with Crippen molar-refractivity contribution < 1.29 is 9.53 Å². The van der Waals surface area contributed by atoms with Gasteiger partial charge >= 0.3 is 5.97 Å². The molecule has 0 bridgehead atoms. The van der Waals surface area contributed by atoms with Crippen LogP contribution in [0.3, 0.4) is 0 Å². The molecule has 2 aromatic rings. The standard InChI is InChI=1S/C20H22O2/c1-15(2)13-20(17-11-7-4-8-12-17)18(14-22-19(20)21)16-9-5-3-6-10-16/h3-12,15,18H,13-14H2,1-2H3/t18-,20-/m0/s1. The van der Waals surface area contributed by atoms with E-state index in [1.54, 1.807) is 0 Å². The number of cyclic esters (lactones) is 1. The summed E-state index contributed by atoms with van der Waals surface area (Å²) in [5, 5.41) is 0. The summed E-state index contributed by atoms with van der Waals surface area (Å²) in [7, 11) is 0. The van der Waals surface area contributed by atoms with Gasteiger partial charge in [-0.25, -0.2) is 0 Å². The van der Waals surface area contributed by atoms with Gasteiger partial charge in [-0.2, -0.15) is 0 Å². The van der Waals surface area contributed by atoms with Crippen molar-refractivity contribution in [2.75, 3.05) is 6.61 Å². The number of benzene rings is 2. The predicted molar refractivity (Wildman–Crippen MR) is 87.7 cm³/mol. The quantitative estimate of drug-likeness (QED) is 0.785. The van der Waals surface area contributed by atoms with Gasteiger partial charge in [0, 0.05) is 5.92 Å². The normalized spacial score (nSPS) is 24.5. The predicted octanol–water partition coefficient (Wildman–Crippen LogP) is 4.31.